The molecule has 0 aliphatic carbocycles. The second-order valence-corrected chi connectivity index (χ2v) is 10.3. The quantitative estimate of drug-likeness (QED) is 0.334. The predicted molar refractivity (Wildman–Crippen MR) is 141 cm³/mol. The van der Waals surface area contributed by atoms with E-state index in [0.717, 1.165) is 44.8 Å². The van der Waals surface area contributed by atoms with E-state index in [1.165, 1.54) is 18.3 Å². The number of benzene rings is 2. The number of primary amides is 1. The van der Waals surface area contributed by atoms with E-state index in [2.05, 4.69) is 38.0 Å². The van der Waals surface area contributed by atoms with Crippen molar-refractivity contribution in [3.8, 4) is 5.75 Å². The lowest BCUT2D eigenvalue weighted by atomic mass is 10.1. The van der Waals surface area contributed by atoms with Gasteiger partial charge in [0.2, 0.25) is 0 Å². The fourth-order valence-corrected chi connectivity index (χ4v) is 5.66. The van der Waals surface area contributed by atoms with Crippen molar-refractivity contribution in [2.75, 3.05) is 38.0 Å². The average molecular weight is 559 g/mol. The number of nitrogens with two attached hydrogens (primary N) is 1. The first kappa shape index (κ1) is 25.3. The van der Waals surface area contributed by atoms with Gasteiger partial charge in [-0.3, -0.25) is 19.3 Å². The number of amides is 2. The van der Waals surface area contributed by atoms with Crippen LogP contribution < -0.4 is 15.8 Å². The zero-order chi connectivity index (χ0) is 25.1. The second-order valence-electron chi connectivity index (χ2n) is 8.40. The number of ether oxygens (including phenoxy) is 1. The third-order valence-corrected chi connectivity index (χ3v) is 7.69. The first-order valence-electron chi connectivity index (χ1n) is 11.3. The Labute approximate surface area is 216 Å². The van der Waals surface area contributed by atoms with E-state index in [-0.39, 0.29) is 11.5 Å². The highest BCUT2D eigenvalue weighted by Crippen LogP contribution is 2.41. The van der Waals surface area contributed by atoms with Crippen LogP contribution in [-0.4, -0.2) is 60.3 Å². The molecule has 3 aromatic rings. The number of piperazine rings is 1. The first-order valence-corrected chi connectivity index (χ1v) is 13.0. The fourth-order valence-electron chi connectivity index (χ4n) is 4.12. The monoisotopic (exact) mass is 558 g/mol. The Balaban J connectivity index is 1.50. The molecule has 2 amide bonds. The molecule has 0 spiro atoms. The van der Waals surface area contributed by atoms with Gasteiger partial charge in [-0.05, 0) is 46.2 Å². The standard InChI is InChI=1S/C25H27BrN4O4S/c1-3-29-8-10-30(11-9-29)14-16-4-6-17(7-5-16)24(33)28-25-22(23(27)32)18-12-19(26)20(34-15(2)31)13-21(18)35-25/h4-7,12-13H,3,8-11,14H2,1-2H3,(H2,27,32)(H,28,33). The number of likely N-dealkylation sites (N-methyl/N-ethyl adjacent to an activating group) is 1. The molecule has 0 radical (unpaired) electrons. The van der Waals surface area contributed by atoms with Gasteiger partial charge in [0, 0.05) is 61.4 Å². The molecule has 4 rings (SSSR count). The van der Waals surface area contributed by atoms with Gasteiger partial charge >= 0.3 is 5.97 Å². The minimum atomic E-state index is -0.655. The summed E-state index contributed by atoms with van der Waals surface area (Å²) in [4.78, 5) is 41.4. The number of carbonyl (C=O) groups excluding carboxylic acids is 3. The van der Waals surface area contributed by atoms with Gasteiger partial charge in [0.25, 0.3) is 11.8 Å². The van der Waals surface area contributed by atoms with Gasteiger partial charge in [0.15, 0.2) is 0 Å². The molecule has 0 atom stereocenters. The number of nitrogens with one attached hydrogen (secondary N) is 1. The summed E-state index contributed by atoms with van der Waals surface area (Å²) in [6, 6.07) is 10.8. The van der Waals surface area contributed by atoms with Crippen molar-refractivity contribution in [1.29, 1.82) is 0 Å². The number of fused-ring (bicyclic) bond motifs is 1. The van der Waals surface area contributed by atoms with E-state index in [1.54, 1.807) is 24.3 Å². The van der Waals surface area contributed by atoms with Gasteiger partial charge in [0.1, 0.15) is 10.8 Å². The average Bonchev–Trinajstić information content (AvgIpc) is 3.16. The van der Waals surface area contributed by atoms with Crippen LogP contribution in [0.5, 0.6) is 5.75 Å². The minimum Gasteiger partial charge on any atom is -0.425 e. The van der Waals surface area contributed by atoms with Crippen LogP contribution in [0.4, 0.5) is 5.00 Å². The lowest BCUT2D eigenvalue weighted by Crippen LogP contribution is -2.45. The zero-order valence-corrected chi connectivity index (χ0v) is 22.0. The molecular weight excluding hydrogens is 532 g/mol. The number of esters is 1. The van der Waals surface area contributed by atoms with E-state index < -0.39 is 11.9 Å². The summed E-state index contributed by atoms with van der Waals surface area (Å²) in [6.45, 7) is 9.65. The first-order chi connectivity index (χ1) is 16.7. The molecule has 8 nitrogen and oxygen atoms in total. The summed E-state index contributed by atoms with van der Waals surface area (Å²) in [5.41, 5.74) is 7.49. The number of halogens is 1. The molecule has 2 aromatic carbocycles. The number of hydrogen-bond acceptors (Lipinski definition) is 7. The summed E-state index contributed by atoms with van der Waals surface area (Å²) in [5, 5.41) is 3.75. The van der Waals surface area contributed by atoms with Crippen LogP contribution in [0.1, 0.15) is 40.1 Å². The Kier molecular flexibility index (Phi) is 7.85. The van der Waals surface area contributed by atoms with Crippen molar-refractivity contribution in [1.82, 2.24) is 9.80 Å². The minimum absolute atomic E-state index is 0.219. The molecule has 0 unspecified atom stereocenters. The number of nitrogens with zero attached hydrogens (tertiary/aromatic N) is 2. The molecule has 1 aromatic heterocycles. The molecule has 1 aliphatic rings. The summed E-state index contributed by atoms with van der Waals surface area (Å²) >= 11 is 4.55. The van der Waals surface area contributed by atoms with Crippen LogP contribution >= 0.6 is 27.3 Å². The highest BCUT2D eigenvalue weighted by molar-refractivity contribution is 9.10. The Bertz CT molecular complexity index is 1270. The Morgan fingerprint density at radius 3 is 2.34 bits per heavy atom. The van der Waals surface area contributed by atoms with Crippen molar-refractivity contribution in [2.24, 2.45) is 5.73 Å². The maximum absolute atomic E-state index is 13.0. The highest BCUT2D eigenvalue weighted by atomic mass is 79.9. The number of thiophene rings is 1. The SMILES string of the molecule is CCN1CCN(Cc2ccc(C(=O)Nc3sc4cc(OC(C)=O)c(Br)cc4c3C(N)=O)cc2)CC1. The lowest BCUT2D eigenvalue weighted by molar-refractivity contribution is -0.131. The van der Waals surface area contributed by atoms with Crippen LogP contribution in [0.15, 0.2) is 40.9 Å². The summed E-state index contributed by atoms with van der Waals surface area (Å²) in [5.74, 6) is -1.12. The Hall–Kier alpha value is -2.79. The van der Waals surface area contributed by atoms with Crippen molar-refractivity contribution < 1.29 is 19.1 Å². The van der Waals surface area contributed by atoms with Crippen LogP contribution in [0, 0.1) is 0 Å². The molecule has 1 fully saturated rings. The maximum Gasteiger partial charge on any atom is 0.308 e. The van der Waals surface area contributed by atoms with Crippen LogP contribution in [0.25, 0.3) is 10.1 Å². The van der Waals surface area contributed by atoms with Crippen molar-refractivity contribution in [3.63, 3.8) is 0 Å². The topological polar surface area (TPSA) is 105 Å². The van der Waals surface area contributed by atoms with E-state index >= 15 is 0 Å². The molecule has 0 saturated carbocycles. The van der Waals surface area contributed by atoms with Gasteiger partial charge in [-0.2, -0.15) is 0 Å². The van der Waals surface area contributed by atoms with E-state index in [1.807, 2.05) is 12.1 Å². The Morgan fingerprint density at radius 1 is 1.09 bits per heavy atom. The lowest BCUT2D eigenvalue weighted by Gasteiger charge is -2.34. The van der Waals surface area contributed by atoms with E-state index in [0.29, 0.717) is 30.9 Å². The molecule has 0 bridgehead atoms. The molecular formula is C25H27BrN4O4S. The van der Waals surface area contributed by atoms with Gasteiger partial charge in [-0.15, -0.1) is 11.3 Å². The van der Waals surface area contributed by atoms with Crippen LogP contribution in [0.3, 0.4) is 0 Å². The summed E-state index contributed by atoms with van der Waals surface area (Å²) in [7, 11) is 0. The molecule has 35 heavy (non-hydrogen) atoms. The van der Waals surface area contributed by atoms with Gasteiger partial charge < -0.3 is 20.7 Å². The number of carbonyl (C=O) groups is 3. The largest absolute Gasteiger partial charge is 0.425 e. The molecule has 1 aliphatic heterocycles. The summed E-state index contributed by atoms with van der Waals surface area (Å²) in [6.07, 6.45) is 0. The van der Waals surface area contributed by atoms with Gasteiger partial charge in [0.05, 0.1) is 10.0 Å². The smallest absolute Gasteiger partial charge is 0.308 e. The third kappa shape index (κ3) is 5.90. The predicted octanol–water partition coefficient (Wildman–Crippen LogP) is 4.08. The van der Waals surface area contributed by atoms with Crippen LogP contribution in [0.2, 0.25) is 0 Å². The summed E-state index contributed by atoms with van der Waals surface area (Å²) < 4.78 is 6.37. The van der Waals surface area contributed by atoms with Crippen LogP contribution in [-0.2, 0) is 11.3 Å². The van der Waals surface area contributed by atoms with E-state index in [9.17, 15) is 14.4 Å². The van der Waals surface area contributed by atoms with E-state index in [4.69, 9.17) is 10.5 Å². The van der Waals surface area contributed by atoms with Crippen molar-refractivity contribution in [2.45, 2.75) is 20.4 Å². The second kappa shape index (κ2) is 10.9. The van der Waals surface area contributed by atoms with Gasteiger partial charge in [-0.25, -0.2) is 0 Å². The van der Waals surface area contributed by atoms with Crippen molar-refractivity contribution >= 4 is 60.1 Å². The zero-order valence-electron chi connectivity index (χ0n) is 19.6. The molecule has 2 heterocycles. The fraction of sp³-hybridized carbons (Fsp3) is 0.320. The maximum atomic E-state index is 13.0. The number of rotatable bonds is 7. The number of anilines is 1. The molecule has 3 N–H and O–H groups in total. The molecule has 1 saturated heterocycles. The van der Waals surface area contributed by atoms with Gasteiger partial charge in [-0.1, -0.05) is 19.1 Å². The molecule has 10 heteroatoms. The normalized spacial score (nSPS) is 14.7. The van der Waals surface area contributed by atoms with Crippen molar-refractivity contribution in [3.05, 3.63) is 57.6 Å². The highest BCUT2D eigenvalue weighted by Gasteiger charge is 2.22. The third-order valence-electron chi connectivity index (χ3n) is 6.00. The number of hydrogen-bond donors (Lipinski definition) is 2. The molecule has 184 valence electrons. The Morgan fingerprint density at radius 2 is 1.74 bits per heavy atom.